The molecule has 1 aromatic carbocycles. The van der Waals surface area contributed by atoms with Crippen molar-refractivity contribution in [3.63, 3.8) is 0 Å². The number of methoxy groups -OCH3 is 1. The summed E-state index contributed by atoms with van der Waals surface area (Å²) >= 11 is 0. The minimum absolute atomic E-state index is 0.0780. The van der Waals surface area contributed by atoms with Gasteiger partial charge in [0.1, 0.15) is 5.75 Å². The fraction of sp³-hybridized carbons (Fsp3) is 0.308. The Hall–Kier alpha value is -2.41. The number of hydrogen-bond acceptors (Lipinski definition) is 6. The average molecular weight is 276 g/mol. The summed E-state index contributed by atoms with van der Waals surface area (Å²) in [4.78, 5) is 14.6. The Bertz CT molecular complexity index is 610. The van der Waals surface area contributed by atoms with E-state index >= 15 is 0 Å². The molecule has 0 bridgehead atoms. The Balaban J connectivity index is 2.18. The molecule has 0 aliphatic rings. The van der Waals surface area contributed by atoms with Crippen LogP contribution in [0.15, 0.2) is 29.1 Å². The van der Waals surface area contributed by atoms with E-state index in [4.69, 9.17) is 9.84 Å². The zero-order valence-electron chi connectivity index (χ0n) is 11.1. The van der Waals surface area contributed by atoms with Gasteiger partial charge in [-0.2, -0.15) is 0 Å². The highest BCUT2D eigenvalue weighted by Crippen LogP contribution is 2.17. The zero-order valence-corrected chi connectivity index (χ0v) is 11.1. The maximum absolute atomic E-state index is 11.9. The van der Waals surface area contributed by atoms with E-state index in [2.05, 4.69) is 20.5 Å². The lowest BCUT2D eigenvalue weighted by molar-refractivity contribution is 0.292. The van der Waals surface area contributed by atoms with Gasteiger partial charge in [-0.3, -0.25) is 9.78 Å². The number of nitrogens with zero attached hydrogens (tertiary/aromatic N) is 2. The standard InChI is InChI=1S/C13H16N4O3/c1-20-10-5-3-9(4-6-10)11-12(19)15-13(17-16-11)14-7-2-8-18/h3-6,18H,2,7-8H2,1H3,(H2,14,15,17,19). The van der Waals surface area contributed by atoms with Gasteiger partial charge in [-0.05, 0) is 30.7 Å². The number of nitrogens with one attached hydrogen (secondary N) is 2. The van der Waals surface area contributed by atoms with Gasteiger partial charge >= 0.3 is 0 Å². The number of H-pyrrole nitrogens is 1. The highest BCUT2D eigenvalue weighted by molar-refractivity contribution is 5.58. The summed E-state index contributed by atoms with van der Waals surface area (Å²) in [5, 5.41) is 19.4. The summed E-state index contributed by atoms with van der Waals surface area (Å²) in [5.74, 6) is 1.00. The molecule has 1 heterocycles. The topological polar surface area (TPSA) is 100 Å². The van der Waals surface area contributed by atoms with E-state index < -0.39 is 0 Å². The van der Waals surface area contributed by atoms with E-state index in [0.717, 1.165) is 0 Å². The molecule has 0 saturated heterocycles. The van der Waals surface area contributed by atoms with Gasteiger partial charge in [0.2, 0.25) is 5.95 Å². The third-order valence-electron chi connectivity index (χ3n) is 2.69. The van der Waals surface area contributed by atoms with Crippen LogP contribution >= 0.6 is 0 Å². The van der Waals surface area contributed by atoms with Crippen molar-refractivity contribution in [2.75, 3.05) is 25.6 Å². The predicted octanol–water partition coefficient (Wildman–Crippen LogP) is 0.635. The molecular formula is C13H16N4O3. The molecule has 0 fully saturated rings. The summed E-state index contributed by atoms with van der Waals surface area (Å²) in [6, 6.07) is 7.00. The van der Waals surface area contributed by atoms with Crippen LogP contribution in [0.1, 0.15) is 6.42 Å². The molecule has 0 atom stereocenters. The molecule has 0 spiro atoms. The van der Waals surface area contributed by atoms with Crippen LogP contribution in [0.25, 0.3) is 11.3 Å². The number of aliphatic hydroxyl groups is 1. The van der Waals surface area contributed by atoms with Crippen LogP contribution in [-0.2, 0) is 0 Å². The minimum atomic E-state index is -0.323. The molecule has 1 aromatic heterocycles. The first-order valence-corrected chi connectivity index (χ1v) is 6.20. The van der Waals surface area contributed by atoms with Gasteiger partial charge < -0.3 is 15.2 Å². The van der Waals surface area contributed by atoms with Crippen molar-refractivity contribution in [1.29, 1.82) is 0 Å². The SMILES string of the molecule is COc1ccc(-c2nnc(NCCCO)[nH]c2=O)cc1. The van der Waals surface area contributed by atoms with E-state index in [1.165, 1.54) is 0 Å². The lowest BCUT2D eigenvalue weighted by atomic mass is 10.1. The van der Waals surface area contributed by atoms with Gasteiger partial charge in [-0.15, -0.1) is 10.2 Å². The van der Waals surface area contributed by atoms with Crippen molar-refractivity contribution in [1.82, 2.24) is 15.2 Å². The molecule has 106 valence electrons. The summed E-state index contributed by atoms with van der Waals surface area (Å²) in [5.41, 5.74) is 0.596. The van der Waals surface area contributed by atoms with Crippen LogP contribution in [0.2, 0.25) is 0 Å². The van der Waals surface area contributed by atoms with Crippen molar-refractivity contribution in [3.05, 3.63) is 34.6 Å². The lowest BCUT2D eigenvalue weighted by Crippen LogP contribution is -2.17. The molecule has 2 rings (SSSR count). The van der Waals surface area contributed by atoms with Crippen LogP contribution in [0.3, 0.4) is 0 Å². The van der Waals surface area contributed by atoms with Crippen molar-refractivity contribution in [2.45, 2.75) is 6.42 Å². The lowest BCUT2D eigenvalue weighted by Gasteiger charge is -2.05. The molecule has 0 radical (unpaired) electrons. The van der Waals surface area contributed by atoms with Gasteiger partial charge in [0.25, 0.3) is 5.56 Å². The number of aliphatic hydroxyl groups excluding tert-OH is 1. The minimum Gasteiger partial charge on any atom is -0.497 e. The second-order valence-electron chi connectivity index (χ2n) is 4.08. The van der Waals surface area contributed by atoms with Crippen LogP contribution in [0, 0.1) is 0 Å². The zero-order chi connectivity index (χ0) is 14.4. The summed E-state index contributed by atoms with van der Waals surface area (Å²) in [6.45, 7) is 0.595. The number of aromatic amines is 1. The van der Waals surface area contributed by atoms with E-state index in [1.54, 1.807) is 31.4 Å². The van der Waals surface area contributed by atoms with Crippen molar-refractivity contribution < 1.29 is 9.84 Å². The molecule has 0 aliphatic heterocycles. The molecule has 3 N–H and O–H groups in total. The number of rotatable bonds is 6. The highest BCUT2D eigenvalue weighted by atomic mass is 16.5. The van der Waals surface area contributed by atoms with E-state index in [9.17, 15) is 4.79 Å². The van der Waals surface area contributed by atoms with Crippen LogP contribution < -0.4 is 15.6 Å². The summed E-state index contributed by atoms with van der Waals surface area (Å²) < 4.78 is 5.06. The highest BCUT2D eigenvalue weighted by Gasteiger charge is 2.07. The molecule has 0 aliphatic carbocycles. The normalized spacial score (nSPS) is 10.3. The molecule has 20 heavy (non-hydrogen) atoms. The Morgan fingerprint density at radius 2 is 2.05 bits per heavy atom. The Labute approximate surface area is 115 Å². The van der Waals surface area contributed by atoms with Crippen molar-refractivity contribution in [2.24, 2.45) is 0 Å². The first-order chi connectivity index (χ1) is 9.74. The number of aromatic nitrogens is 3. The summed E-state index contributed by atoms with van der Waals surface area (Å²) in [6.07, 6.45) is 0.573. The van der Waals surface area contributed by atoms with Gasteiger partial charge in [0, 0.05) is 18.7 Å². The smallest absolute Gasteiger partial charge is 0.279 e. The first-order valence-electron chi connectivity index (χ1n) is 6.20. The monoisotopic (exact) mass is 276 g/mol. The third kappa shape index (κ3) is 3.33. The van der Waals surface area contributed by atoms with Crippen LogP contribution in [0.5, 0.6) is 5.75 Å². The third-order valence-corrected chi connectivity index (χ3v) is 2.69. The molecule has 7 nitrogen and oxygen atoms in total. The molecule has 2 aromatic rings. The van der Waals surface area contributed by atoms with Gasteiger partial charge in [-0.25, -0.2) is 0 Å². The second kappa shape index (κ2) is 6.67. The largest absolute Gasteiger partial charge is 0.497 e. The Morgan fingerprint density at radius 1 is 1.30 bits per heavy atom. The predicted molar refractivity (Wildman–Crippen MR) is 74.8 cm³/mol. The number of benzene rings is 1. The molecule has 7 heteroatoms. The van der Waals surface area contributed by atoms with Crippen molar-refractivity contribution >= 4 is 5.95 Å². The van der Waals surface area contributed by atoms with E-state index in [0.29, 0.717) is 30.2 Å². The molecule has 0 saturated carbocycles. The molecule has 0 amide bonds. The molecule has 0 unspecified atom stereocenters. The van der Waals surface area contributed by atoms with Gasteiger partial charge in [0.15, 0.2) is 5.69 Å². The number of anilines is 1. The molecular weight excluding hydrogens is 260 g/mol. The maximum Gasteiger partial charge on any atom is 0.279 e. The Morgan fingerprint density at radius 3 is 2.65 bits per heavy atom. The Kier molecular flexibility index (Phi) is 4.67. The van der Waals surface area contributed by atoms with Gasteiger partial charge in [-0.1, -0.05) is 0 Å². The van der Waals surface area contributed by atoms with Crippen LogP contribution in [0.4, 0.5) is 5.95 Å². The summed E-state index contributed by atoms with van der Waals surface area (Å²) in [7, 11) is 1.58. The first kappa shape index (κ1) is 14.0. The fourth-order valence-electron chi connectivity index (χ4n) is 1.64. The average Bonchev–Trinajstić information content (AvgIpc) is 2.48. The second-order valence-corrected chi connectivity index (χ2v) is 4.08. The fourth-order valence-corrected chi connectivity index (χ4v) is 1.64. The number of hydrogen-bond donors (Lipinski definition) is 3. The van der Waals surface area contributed by atoms with E-state index in [1.807, 2.05) is 0 Å². The number of ether oxygens (including phenoxy) is 1. The van der Waals surface area contributed by atoms with Gasteiger partial charge in [0.05, 0.1) is 7.11 Å². The van der Waals surface area contributed by atoms with Crippen molar-refractivity contribution in [3.8, 4) is 17.0 Å². The maximum atomic E-state index is 11.9. The van der Waals surface area contributed by atoms with E-state index in [-0.39, 0.29) is 17.9 Å². The quantitative estimate of drug-likeness (QED) is 0.669. The van der Waals surface area contributed by atoms with Crippen LogP contribution in [-0.4, -0.2) is 40.5 Å².